The van der Waals surface area contributed by atoms with Gasteiger partial charge in [-0.1, -0.05) is 12.1 Å². The Morgan fingerprint density at radius 3 is 1.74 bits per heavy atom. The van der Waals surface area contributed by atoms with Crippen molar-refractivity contribution in [2.24, 2.45) is 0 Å². The van der Waals surface area contributed by atoms with Gasteiger partial charge in [-0.15, -0.1) is 0 Å². The summed E-state index contributed by atoms with van der Waals surface area (Å²) >= 11 is 0. The lowest BCUT2D eigenvalue weighted by Crippen LogP contribution is -2.55. The number of rotatable bonds is 4. The third-order valence-corrected chi connectivity index (χ3v) is 5.24. The van der Waals surface area contributed by atoms with Gasteiger partial charge in [-0.3, -0.25) is 9.59 Å². The summed E-state index contributed by atoms with van der Waals surface area (Å²) in [5, 5.41) is 0. The molecule has 3 rings (SSSR count). The molecule has 1 heterocycles. The summed E-state index contributed by atoms with van der Waals surface area (Å²) in [6.45, 7) is 2.93. The van der Waals surface area contributed by atoms with E-state index in [1.165, 1.54) is 26.4 Å². The second kappa shape index (κ2) is 9.42. The molecule has 1 aliphatic heterocycles. The van der Waals surface area contributed by atoms with E-state index in [2.05, 4.69) is 0 Å². The summed E-state index contributed by atoms with van der Waals surface area (Å²) in [6, 6.07) is 12.5. The first-order valence-electron chi connectivity index (χ1n) is 9.82. The molecule has 0 unspecified atom stereocenters. The van der Waals surface area contributed by atoms with Gasteiger partial charge < -0.3 is 19.3 Å². The fourth-order valence-corrected chi connectivity index (χ4v) is 3.59. The van der Waals surface area contributed by atoms with Crippen molar-refractivity contribution in [3.05, 3.63) is 70.8 Å². The second-order valence-corrected chi connectivity index (χ2v) is 7.24. The predicted molar refractivity (Wildman–Crippen MR) is 112 cm³/mol. The standard InChI is InChI=1S/C23H24N2O6/c1-15-14-24(20(26)16-6-4-8-18(12-16)22(28)30-2)10-11-25(15)21(27)17-7-5-9-19(13-17)23(29)31-3/h4-9,12-13,15H,10-11,14H2,1-3H3/t15-/m0/s1. The summed E-state index contributed by atoms with van der Waals surface area (Å²) in [5.41, 5.74) is 1.39. The Hall–Kier alpha value is -3.68. The van der Waals surface area contributed by atoms with E-state index >= 15 is 0 Å². The van der Waals surface area contributed by atoms with Gasteiger partial charge in [0.2, 0.25) is 0 Å². The van der Waals surface area contributed by atoms with Crippen LogP contribution in [0.1, 0.15) is 48.4 Å². The summed E-state index contributed by atoms with van der Waals surface area (Å²) in [5.74, 6) is -1.43. The molecule has 2 amide bonds. The van der Waals surface area contributed by atoms with Crippen LogP contribution in [-0.2, 0) is 9.47 Å². The average Bonchev–Trinajstić information content (AvgIpc) is 2.82. The quantitative estimate of drug-likeness (QED) is 0.699. The summed E-state index contributed by atoms with van der Waals surface area (Å²) in [6.07, 6.45) is 0. The fourth-order valence-electron chi connectivity index (χ4n) is 3.59. The molecule has 8 heteroatoms. The summed E-state index contributed by atoms with van der Waals surface area (Å²) < 4.78 is 9.42. The van der Waals surface area contributed by atoms with E-state index in [0.717, 1.165) is 0 Å². The van der Waals surface area contributed by atoms with Gasteiger partial charge in [-0.2, -0.15) is 0 Å². The van der Waals surface area contributed by atoms with Crippen LogP contribution in [0.5, 0.6) is 0 Å². The molecule has 2 aromatic rings. The molecule has 1 fully saturated rings. The lowest BCUT2D eigenvalue weighted by molar-refractivity contribution is 0.0414. The third kappa shape index (κ3) is 4.74. The van der Waals surface area contributed by atoms with Gasteiger partial charge in [0.15, 0.2) is 0 Å². The maximum atomic E-state index is 13.0. The number of amides is 2. The molecule has 31 heavy (non-hydrogen) atoms. The van der Waals surface area contributed by atoms with Crippen LogP contribution in [0, 0.1) is 0 Å². The van der Waals surface area contributed by atoms with Crippen LogP contribution in [0.2, 0.25) is 0 Å². The summed E-state index contributed by atoms with van der Waals surface area (Å²) in [7, 11) is 2.58. The average molecular weight is 424 g/mol. The second-order valence-electron chi connectivity index (χ2n) is 7.24. The van der Waals surface area contributed by atoms with Crippen LogP contribution in [0.25, 0.3) is 0 Å². The molecule has 8 nitrogen and oxygen atoms in total. The molecule has 1 saturated heterocycles. The monoisotopic (exact) mass is 424 g/mol. The van der Waals surface area contributed by atoms with Crippen LogP contribution < -0.4 is 0 Å². The Morgan fingerprint density at radius 1 is 0.774 bits per heavy atom. The first-order chi connectivity index (χ1) is 14.8. The molecule has 0 aromatic heterocycles. The van der Waals surface area contributed by atoms with Gasteiger partial charge in [0.05, 0.1) is 25.3 Å². The highest BCUT2D eigenvalue weighted by Crippen LogP contribution is 2.18. The molecular weight excluding hydrogens is 400 g/mol. The van der Waals surface area contributed by atoms with Crippen LogP contribution in [-0.4, -0.2) is 73.4 Å². The maximum absolute atomic E-state index is 13.0. The number of piperazine rings is 1. The van der Waals surface area contributed by atoms with Gasteiger partial charge >= 0.3 is 11.9 Å². The Morgan fingerprint density at radius 2 is 1.26 bits per heavy atom. The molecule has 0 radical (unpaired) electrons. The highest BCUT2D eigenvalue weighted by atomic mass is 16.5. The lowest BCUT2D eigenvalue weighted by atomic mass is 10.1. The van der Waals surface area contributed by atoms with Gasteiger partial charge in [0.1, 0.15) is 0 Å². The normalized spacial score (nSPS) is 15.9. The number of nitrogens with zero attached hydrogens (tertiary/aromatic N) is 2. The van der Waals surface area contributed by atoms with E-state index in [4.69, 9.17) is 9.47 Å². The SMILES string of the molecule is COC(=O)c1cccc(C(=O)N2CCN(C(=O)c3cccc(C(=O)OC)c3)[C@@H](C)C2)c1. The van der Waals surface area contributed by atoms with Crippen molar-refractivity contribution in [1.29, 1.82) is 0 Å². The van der Waals surface area contributed by atoms with Crippen molar-refractivity contribution in [3.8, 4) is 0 Å². The molecule has 1 aliphatic rings. The van der Waals surface area contributed by atoms with Crippen molar-refractivity contribution in [2.75, 3.05) is 33.9 Å². The molecule has 0 aliphatic carbocycles. The highest BCUT2D eigenvalue weighted by molar-refractivity contribution is 5.99. The number of carbonyl (C=O) groups excluding carboxylic acids is 4. The number of benzene rings is 2. The molecule has 0 bridgehead atoms. The molecular formula is C23H24N2O6. The predicted octanol–water partition coefficient (Wildman–Crippen LogP) is 2.25. The van der Waals surface area contributed by atoms with E-state index in [1.807, 2.05) is 6.92 Å². The minimum Gasteiger partial charge on any atom is -0.465 e. The first-order valence-corrected chi connectivity index (χ1v) is 9.82. The zero-order valence-corrected chi connectivity index (χ0v) is 17.7. The van der Waals surface area contributed by atoms with Crippen molar-refractivity contribution in [1.82, 2.24) is 9.80 Å². The highest BCUT2D eigenvalue weighted by Gasteiger charge is 2.31. The van der Waals surface area contributed by atoms with Crippen LogP contribution >= 0.6 is 0 Å². The summed E-state index contributed by atoms with van der Waals surface area (Å²) in [4.78, 5) is 52.7. The van der Waals surface area contributed by atoms with E-state index in [1.54, 1.807) is 46.2 Å². The zero-order valence-electron chi connectivity index (χ0n) is 17.7. The third-order valence-electron chi connectivity index (χ3n) is 5.24. The fraction of sp³-hybridized carbons (Fsp3) is 0.304. The van der Waals surface area contributed by atoms with Gasteiger partial charge in [0, 0.05) is 36.8 Å². The topological polar surface area (TPSA) is 93.2 Å². The first kappa shape index (κ1) is 22.0. The number of esters is 2. The van der Waals surface area contributed by atoms with Crippen LogP contribution in [0.4, 0.5) is 0 Å². The molecule has 2 aromatic carbocycles. The van der Waals surface area contributed by atoms with Crippen molar-refractivity contribution < 1.29 is 28.7 Å². The minimum atomic E-state index is -0.507. The number of carbonyl (C=O) groups is 4. The molecule has 1 atom stereocenters. The Labute approximate surface area is 180 Å². The van der Waals surface area contributed by atoms with E-state index in [9.17, 15) is 19.2 Å². The van der Waals surface area contributed by atoms with Gasteiger partial charge in [-0.25, -0.2) is 9.59 Å². The number of hydrogen-bond acceptors (Lipinski definition) is 6. The van der Waals surface area contributed by atoms with E-state index in [0.29, 0.717) is 41.9 Å². The lowest BCUT2D eigenvalue weighted by Gasteiger charge is -2.40. The van der Waals surface area contributed by atoms with Crippen molar-refractivity contribution in [2.45, 2.75) is 13.0 Å². The Kier molecular flexibility index (Phi) is 6.69. The number of ether oxygens (including phenoxy) is 2. The molecule has 0 saturated carbocycles. The van der Waals surface area contributed by atoms with Crippen LogP contribution in [0.3, 0.4) is 0 Å². The largest absolute Gasteiger partial charge is 0.465 e. The van der Waals surface area contributed by atoms with E-state index in [-0.39, 0.29) is 17.9 Å². The molecule has 162 valence electrons. The molecule has 0 N–H and O–H groups in total. The number of methoxy groups -OCH3 is 2. The smallest absolute Gasteiger partial charge is 0.337 e. The van der Waals surface area contributed by atoms with Gasteiger partial charge in [-0.05, 0) is 43.3 Å². The van der Waals surface area contributed by atoms with E-state index < -0.39 is 11.9 Å². The van der Waals surface area contributed by atoms with Crippen molar-refractivity contribution in [3.63, 3.8) is 0 Å². The van der Waals surface area contributed by atoms with Crippen molar-refractivity contribution >= 4 is 23.8 Å². The van der Waals surface area contributed by atoms with Crippen LogP contribution in [0.15, 0.2) is 48.5 Å². The zero-order chi connectivity index (χ0) is 22.5. The maximum Gasteiger partial charge on any atom is 0.337 e. The molecule has 0 spiro atoms. The minimum absolute atomic E-state index is 0.210. The number of hydrogen-bond donors (Lipinski definition) is 0. The van der Waals surface area contributed by atoms with Gasteiger partial charge in [0.25, 0.3) is 11.8 Å². The Balaban J connectivity index is 1.71. The Bertz CT molecular complexity index is 1020.